The third kappa shape index (κ3) is 2.36. The fourth-order valence-corrected chi connectivity index (χ4v) is 1.27. The monoisotopic (exact) mass is 232 g/mol. The molecule has 0 radical (unpaired) electrons. The number of nitrogens with two attached hydrogens (primary N) is 1. The maximum atomic E-state index is 13.4. The van der Waals surface area contributed by atoms with Crippen LogP contribution in [-0.4, -0.2) is 15.9 Å². The molecule has 5 nitrogen and oxygen atoms in total. The fraction of sp³-hybridized carbons (Fsp3) is 0. The van der Waals surface area contributed by atoms with Crippen LogP contribution in [0, 0.1) is 5.82 Å². The number of nitrogens with one attached hydrogen (secondary N) is 1. The smallest absolute Gasteiger partial charge is 0.275 e. The van der Waals surface area contributed by atoms with Crippen molar-refractivity contribution < 1.29 is 9.18 Å². The van der Waals surface area contributed by atoms with Gasteiger partial charge in [-0.2, -0.15) is 0 Å². The van der Waals surface area contributed by atoms with E-state index in [9.17, 15) is 9.18 Å². The van der Waals surface area contributed by atoms with Gasteiger partial charge >= 0.3 is 0 Å². The molecule has 17 heavy (non-hydrogen) atoms. The van der Waals surface area contributed by atoms with Crippen molar-refractivity contribution >= 4 is 17.3 Å². The van der Waals surface area contributed by atoms with E-state index in [2.05, 4.69) is 15.3 Å². The summed E-state index contributed by atoms with van der Waals surface area (Å²) >= 11 is 0. The quantitative estimate of drug-likeness (QED) is 0.768. The van der Waals surface area contributed by atoms with Crippen LogP contribution >= 0.6 is 0 Å². The summed E-state index contributed by atoms with van der Waals surface area (Å²) in [7, 11) is 0. The molecule has 0 atom stereocenters. The summed E-state index contributed by atoms with van der Waals surface area (Å²) in [5.41, 5.74) is 5.75. The van der Waals surface area contributed by atoms with Gasteiger partial charge in [-0.1, -0.05) is 6.07 Å². The number of nitrogens with zero attached hydrogens (tertiary/aromatic N) is 2. The Morgan fingerprint density at radius 3 is 2.82 bits per heavy atom. The van der Waals surface area contributed by atoms with E-state index in [1.165, 1.54) is 36.8 Å². The molecule has 86 valence electrons. The van der Waals surface area contributed by atoms with Crippen LogP contribution in [0.5, 0.6) is 0 Å². The third-order valence-corrected chi connectivity index (χ3v) is 2.08. The van der Waals surface area contributed by atoms with Crippen molar-refractivity contribution in [3.63, 3.8) is 0 Å². The molecular weight excluding hydrogens is 223 g/mol. The van der Waals surface area contributed by atoms with E-state index < -0.39 is 11.7 Å². The van der Waals surface area contributed by atoms with Gasteiger partial charge in [0.2, 0.25) is 0 Å². The minimum Gasteiger partial charge on any atom is -0.397 e. The van der Waals surface area contributed by atoms with Crippen LogP contribution in [0.3, 0.4) is 0 Å². The Morgan fingerprint density at radius 2 is 2.18 bits per heavy atom. The molecule has 3 N–H and O–H groups in total. The average molecular weight is 232 g/mol. The first-order chi connectivity index (χ1) is 8.18. The Balaban J connectivity index is 2.25. The van der Waals surface area contributed by atoms with Crippen LogP contribution in [-0.2, 0) is 0 Å². The first kappa shape index (κ1) is 11.0. The van der Waals surface area contributed by atoms with Crippen molar-refractivity contribution in [1.29, 1.82) is 0 Å². The van der Waals surface area contributed by atoms with Gasteiger partial charge in [0.1, 0.15) is 17.2 Å². The largest absolute Gasteiger partial charge is 0.397 e. The van der Waals surface area contributed by atoms with Gasteiger partial charge in [-0.05, 0) is 12.1 Å². The lowest BCUT2D eigenvalue weighted by Crippen LogP contribution is -2.16. The molecule has 6 heteroatoms. The number of rotatable bonds is 2. The van der Waals surface area contributed by atoms with Gasteiger partial charge in [-0.15, -0.1) is 0 Å². The van der Waals surface area contributed by atoms with E-state index in [0.717, 1.165) is 0 Å². The highest BCUT2D eigenvalue weighted by molar-refractivity contribution is 6.04. The average Bonchev–Trinajstić information content (AvgIpc) is 2.35. The highest BCUT2D eigenvalue weighted by Gasteiger charge is 2.12. The number of anilines is 2. The molecule has 0 unspecified atom stereocenters. The predicted octanol–water partition coefficient (Wildman–Crippen LogP) is 1.45. The highest BCUT2D eigenvalue weighted by Crippen LogP contribution is 2.22. The molecule has 0 saturated heterocycles. The van der Waals surface area contributed by atoms with Crippen LogP contribution < -0.4 is 11.1 Å². The van der Waals surface area contributed by atoms with Gasteiger partial charge in [-0.3, -0.25) is 9.78 Å². The highest BCUT2D eigenvalue weighted by atomic mass is 19.1. The molecule has 1 heterocycles. The molecule has 0 fully saturated rings. The van der Waals surface area contributed by atoms with Crippen molar-refractivity contribution in [1.82, 2.24) is 9.97 Å². The molecule has 0 aliphatic carbocycles. The minimum absolute atomic E-state index is 0.0526. The number of halogens is 1. The van der Waals surface area contributed by atoms with Crippen LogP contribution in [0.4, 0.5) is 15.8 Å². The molecule has 0 bridgehead atoms. The van der Waals surface area contributed by atoms with Crippen molar-refractivity contribution in [2.24, 2.45) is 0 Å². The van der Waals surface area contributed by atoms with Crippen molar-refractivity contribution in [3.05, 3.63) is 48.3 Å². The normalized spacial score (nSPS) is 9.94. The van der Waals surface area contributed by atoms with Crippen LogP contribution in [0.25, 0.3) is 0 Å². The number of carbonyl (C=O) groups is 1. The van der Waals surface area contributed by atoms with E-state index >= 15 is 0 Å². The zero-order valence-electron chi connectivity index (χ0n) is 8.72. The Kier molecular flexibility index (Phi) is 2.95. The van der Waals surface area contributed by atoms with E-state index in [1.807, 2.05) is 0 Å². The molecule has 0 saturated carbocycles. The zero-order valence-corrected chi connectivity index (χ0v) is 8.72. The lowest BCUT2D eigenvalue weighted by molar-refractivity contribution is 0.102. The second kappa shape index (κ2) is 4.56. The number of nitrogen functional groups attached to an aromatic ring is 1. The molecule has 1 aromatic carbocycles. The van der Waals surface area contributed by atoms with Gasteiger partial charge in [0.15, 0.2) is 0 Å². The minimum atomic E-state index is -0.595. The summed E-state index contributed by atoms with van der Waals surface area (Å²) < 4.78 is 13.4. The lowest BCUT2D eigenvalue weighted by atomic mass is 10.2. The zero-order chi connectivity index (χ0) is 12.3. The Hall–Kier alpha value is -2.50. The van der Waals surface area contributed by atoms with E-state index in [1.54, 1.807) is 0 Å². The lowest BCUT2D eigenvalue weighted by Gasteiger charge is -2.08. The van der Waals surface area contributed by atoms with Crippen molar-refractivity contribution in [2.75, 3.05) is 11.1 Å². The number of amides is 1. The van der Waals surface area contributed by atoms with Crippen LogP contribution in [0.15, 0.2) is 36.8 Å². The van der Waals surface area contributed by atoms with Gasteiger partial charge in [0.25, 0.3) is 5.91 Å². The number of para-hydroxylation sites is 1. The summed E-state index contributed by atoms with van der Waals surface area (Å²) in [6, 6.07) is 4.17. The van der Waals surface area contributed by atoms with Crippen molar-refractivity contribution in [2.45, 2.75) is 0 Å². The predicted molar refractivity (Wildman–Crippen MR) is 60.8 cm³/mol. The first-order valence-electron chi connectivity index (χ1n) is 4.80. The summed E-state index contributed by atoms with van der Waals surface area (Å²) in [4.78, 5) is 19.2. The van der Waals surface area contributed by atoms with Gasteiger partial charge in [0, 0.05) is 12.4 Å². The van der Waals surface area contributed by atoms with Gasteiger partial charge in [-0.25, -0.2) is 9.37 Å². The molecule has 2 rings (SSSR count). The number of hydrogen-bond donors (Lipinski definition) is 2. The van der Waals surface area contributed by atoms with E-state index in [-0.39, 0.29) is 17.1 Å². The Morgan fingerprint density at radius 1 is 1.35 bits per heavy atom. The standard InChI is InChI=1S/C11H9FN4O/c12-7-2-1-3-8(13)10(7)16-11(17)9-6-14-4-5-15-9/h1-6H,13H2,(H,16,17). The first-order valence-corrected chi connectivity index (χ1v) is 4.80. The number of benzene rings is 1. The summed E-state index contributed by atoms with van der Waals surface area (Å²) in [5, 5.41) is 2.35. The summed E-state index contributed by atoms with van der Waals surface area (Å²) in [6.45, 7) is 0. The Labute approximate surface area is 96.5 Å². The fourth-order valence-electron chi connectivity index (χ4n) is 1.27. The molecule has 0 spiro atoms. The molecule has 1 aromatic heterocycles. The van der Waals surface area contributed by atoms with E-state index in [4.69, 9.17) is 5.73 Å². The molecular formula is C11H9FN4O. The summed E-state index contributed by atoms with van der Waals surface area (Å²) in [5.74, 6) is -1.16. The van der Waals surface area contributed by atoms with Crippen LogP contribution in [0.1, 0.15) is 10.5 Å². The number of hydrogen-bond acceptors (Lipinski definition) is 4. The molecule has 2 aromatic rings. The van der Waals surface area contributed by atoms with Crippen LogP contribution in [0.2, 0.25) is 0 Å². The van der Waals surface area contributed by atoms with Crippen molar-refractivity contribution in [3.8, 4) is 0 Å². The topological polar surface area (TPSA) is 80.9 Å². The maximum Gasteiger partial charge on any atom is 0.275 e. The third-order valence-electron chi connectivity index (χ3n) is 2.08. The SMILES string of the molecule is Nc1cccc(F)c1NC(=O)c1cnccn1. The molecule has 1 amide bonds. The summed E-state index contributed by atoms with van der Waals surface area (Å²) in [6.07, 6.45) is 4.10. The Bertz CT molecular complexity index is 524. The van der Waals surface area contributed by atoms with Gasteiger partial charge < -0.3 is 11.1 Å². The second-order valence-corrected chi connectivity index (χ2v) is 3.25. The second-order valence-electron chi connectivity index (χ2n) is 3.25. The van der Waals surface area contributed by atoms with E-state index in [0.29, 0.717) is 0 Å². The number of carbonyl (C=O) groups excluding carboxylic acids is 1. The molecule has 0 aliphatic rings. The molecule has 0 aliphatic heterocycles. The van der Waals surface area contributed by atoms with Gasteiger partial charge in [0.05, 0.1) is 11.9 Å². The number of aromatic nitrogens is 2. The maximum absolute atomic E-state index is 13.4.